The number of pyridine rings is 1. The molecule has 1 aromatic heterocycles. The van der Waals surface area contributed by atoms with Gasteiger partial charge in [-0.1, -0.05) is 11.6 Å². The van der Waals surface area contributed by atoms with Crippen LogP contribution < -0.4 is 10.6 Å². The molecule has 14 heavy (non-hydrogen) atoms. The monoisotopic (exact) mass is 209 g/mol. The van der Waals surface area contributed by atoms with Gasteiger partial charge in [0.1, 0.15) is 10.7 Å². The van der Waals surface area contributed by atoms with Gasteiger partial charge in [-0.15, -0.1) is 0 Å². The van der Waals surface area contributed by atoms with E-state index in [0.29, 0.717) is 16.7 Å². The Morgan fingerprint density at radius 3 is 2.93 bits per heavy atom. The normalized spacial score (nSPS) is 21.1. The van der Waals surface area contributed by atoms with Crippen molar-refractivity contribution in [1.29, 1.82) is 0 Å². The van der Waals surface area contributed by atoms with Crippen LogP contribution in [0.3, 0.4) is 0 Å². The summed E-state index contributed by atoms with van der Waals surface area (Å²) in [6.45, 7) is 0. The maximum atomic E-state index is 11.6. The zero-order valence-corrected chi connectivity index (χ0v) is 8.06. The zero-order chi connectivity index (χ0) is 9.76. The molecule has 0 unspecified atom stereocenters. The van der Waals surface area contributed by atoms with Gasteiger partial charge >= 0.3 is 0 Å². The van der Waals surface area contributed by atoms with Gasteiger partial charge in [0.05, 0.1) is 5.69 Å². The Hall–Kier alpha value is -1.29. The van der Waals surface area contributed by atoms with E-state index in [2.05, 4.69) is 15.6 Å². The molecule has 1 aromatic rings. The zero-order valence-electron chi connectivity index (χ0n) is 7.30. The average molecular weight is 210 g/mol. The maximum absolute atomic E-state index is 11.6. The Morgan fingerprint density at radius 2 is 2.21 bits per heavy atom. The fourth-order valence-corrected chi connectivity index (χ4v) is 1.78. The summed E-state index contributed by atoms with van der Waals surface area (Å²) in [6, 6.07) is 3.41. The first kappa shape index (κ1) is 8.05. The van der Waals surface area contributed by atoms with Gasteiger partial charge in [0.2, 0.25) is 5.91 Å². The minimum atomic E-state index is -0.398. The topological polar surface area (TPSA) is 54.0 Å². The molecule has 1 fully saturated rings. The second kappa shape index (κ2) is 2.39. The molecule has 1 spiro atoms. The maximum Gasteiger partial charge on any atom is 0.250 e. The lowest BCUT2D eigenvalue weighted by Crippen LogP contribution is -2.41. The third-order valence-corrected chi connectivity index (χ3v) is 2.86. The number of carbonyl (C=O) groups excluding carboxylic acids is 1. The third-order valence-electron chi connectivity index (χ3n) is 2.65. The molecule has 1 aliphatic carbocycles. The number of hydrogen-bond donors (Lipinski definition) is 2. The first-order valence-electron chi connectivity index (χ1n) is 4.46. The number of amides is 1. The van der Waals surface area contributed by atoms with E-state index in [0.717, 1.165) is 12.8 Å². The number of halogens is 1. The SMILES string of the molecule is O=C1Nc2ccc(Cl)nc2NC12CC2. The molecule has 72 valence electrons. The predicted molar refractivity (Wildman–Crippen MR) is 53.5 cm³/mol. The van der Waals surface area contributed by atoms with Crippen molar-refractivity contribution in [2.24, 2.45) is 0 Å². The molecule has 5 heteroatoms. The number of aromatic nitrogens is 1. The number of fused-ring (bicyclic) bond motifs is 1. The standard InChI is InChI=1S/C9H8ClN3O/c10-6-2-1-5-7(12-6)13-9(3-4-9)8(14)11-5/h1-2H,3-4H2,(H,11,14)(H,12,13). The van der Waals surface area contributed by atoms with Crippen LogP contribution >= 0.6 is 11.6 Å². The molecule has 0 radical (unpaired) electrons. The second-order valence-electron chi connectivity index (χ2n) is 3.69. The fourth-order valence-electron chi connectivity index (χ4n) is 1.63. The van der Waals surface area contributed by atoms with Crippen LogP contribution in [0.15, 0.2) is 12.1 Å². The van der Waals surface area contributed by atoms with E-state index in [-0.39, 0.29) is 5.91 Å². The fraction of sp³-hybridized carbons (Fsp3) is 0.333. The van der Waals surface area contributed by atoms with Crippen LogP contribution in [0, 0.1) is 0 Å². The van der Waals surface area contributed by atoms with Gasteiger partial charge in [-0.05, 0) is 25.0 Å². The van der Waals surface area contributed by atoms with Crippen LogP contribution in [0.25, 0.3) is 0 Å². The van der Waals surface area contributed by atoms with Gasteiger partial charge in [0, 0.05) is 0 Å². The second-order valence-corrected chi connectivity index (χ2v) is 4.08. The quantitative estimate of drug-likeness (QED) is 0.639. The molecule has 1 amide bonds. The minimum absolute atomic E-state index is 0.0362. The van der Waals surface area contributed by atoms with Crippen molar-refractivity contribution in [3.63, 3.8) is 0 Å². The van der Waals surface area contributed by atoms with Crippen LogP contribution in [0.5, 0.6) is 0 Å². The number of carbonyl (C=O) groups is 1. The molecule has 2 N–H and O–H groups in total. The van der Waals surface area contributed by atoms with E-state index in [9.17, 15) is 4.79 Å². The predicted octanol–water partition coefficient (Wildman–Crippen LogP) is 1.63. The number of rotatable bonds is 0. The highest BCUT2D eigenvalue weighted by atomic mass is 35.5. The van der Waals surface area contributed by atoms with Gasteiger partial charge in [0.25, 0.3) is 0 Å². The van der Waals surface area contributed by atoms with Gasteiger partial charge in [-0.3, -0.25) is 4.79 Å². The first-order valence-corrected chi connectivity index (χ1v) is 4.84. The highest BCUT2D eigenvalue weighted by Gasteiger charge is 2.52. The molecule has 0 bridgehead atoms. The van der Waals surface area contributed by atoms with Crippen molar-refractivity contribution in [2.45, 2.75) is 18.4 Å². The highest BCUT2D eigenvalue weighted by molar-refractivity contribution is 6.29. The number of hydrogen-bond acceptors (Lipinski definition) is 3. The van der Waals surface area contributed by atoms with Gasteiger partial charge in [0.15, 0.2) is 5.82 Å². The summed E-state index contributed by atoms with van der Waals surface area (Å²) in [4.78, 5) is 15.7. The Kier molecular flexibility index (Phi) is 1.37. The summed E-state index contributed by atoms with van der Waals surface area (Å²) in [6.07, 6.45) is 1.74. The highest BCUT2D eigenvalue weighted by Crippen LogP contribution is 2.44. The molecule has 0 aromatic carbocycles. The van der Waals surface area contributed by atoms with Gasteiger partial charge in [-0.25, -0.2) is 4.98 Å². The van der Waals surface area contributed by atoms with Crippen LogP contribution in [0.2, 0.25) is 5.15 Å². The summed E-state index contributed by atoms with van der Waals surface area (Å²) in [7, 11) is 0. The van der Waals surface area contributed by atoms with E-state index >= 15 is 0 Å². The van der Waals surface area contributed by atoms with Crippen LogP contribution in [0.1, 0.15) is 12.8 Å². The summed E-state index contributed by atoms with van der Waals surface area (Å²) in [5, 5.41) is 6.38. The molecular formula is C9H8ClN3O. The summed E-state index contributed by atoms with van der Waals surface area (Å²) >= 11 is 5.76. The van der Waals surface area contributed by atoms with Gasteiger partial charge in [-0.2, -0.15) is 0 Å². The lowest BCUT2D eigenvalue weighted by molar-refractivity contribution is -0.117. The number of nitrogens with one attached hydrogen (secondary N) is 2. The van der Waals surface area contributed by atoms with E-state index in [1.165, 1.54) is 0 Å². The van der Waals surface area contributed by atoms with Crippen molar-refractivity contribution < 1.29 is 4.79 Å². The summed E-state index contributed by atoms with van der Waals surface area (Å²) in [5.74, 6) is 0.712. The average Bonchev–Trinajstić information content (AvgIpc) is 2.89. The smallest absolute Gasteiger partial charge is 0.250 e. The van der Waals surface area contributed by atoms with E-state index < -0.39 is 5.54 Å². The largest absolute Gasteiger partial charge is 0.354 e. The van der Waals surface area contributed by atoms with Gasteiger partial charge < -0.3 is 10.6 Å². The van der Waals surface area contributed by atoms with Crippen LogP contribution in [-0.4, -0.2) is 16.4 Å². The van der Waals surface area contributed by atoms with E-state index in [4.69, 9.17) is 11.6 Å². The lowest BCUT2D eigenvalue weighted by atomic mass is 10.2. The minimum Gasteiger partial charge on any atom is -0.354 e. The molecule has 0 atom stereocenters. The molecule has 3 rings (SSSR count). The van der Waals surface area contributed by atoms with Crippen LogP contribution in [0.4, 0.5) is 11.5 Å². The number of anilines is 2. The van der Waals surface area contributed by atoms with Crippen molar-refractivity contribution >= 4 is 29.0 Å². The van der Waals surface area contributed by atoms with Crippen molar-refractivity contribution in [2.75, 3.05) is 10.6 Å². The lowest BCUT2D eigenvalue weighted by Gasteiger charge is -2.25. The van der Waals surface area contributed by atoms with Crippen LogP contribution in [-0.2, 0) is 4.79 Å². The Labute approximate surface area is 85.7 Å². The Bertz CT molecular complexity index is 428. The molecule has 0 saturated heterocycles. The molecule has 1 aliphatic heterocycles. The first-order chi connectivity index (χ1) is 6.70. The molecular weight excluding hydrogens is 202 g/mol. The Balaban J connectivity index is 2.07. The van der Waals surface area contributed by atoms with Crippen molar-refractivity contribution in [1.82, 2.24) is 4.98 Å². The molecule has 4 nitrogen and oxygen atoms in total. The van der Waals surface area contributed by atoms with E-state index in [1.807, 2.05) is 0 Å². The van der Waals surface area contributed by atoms with Crippen molar-refractivity contribution in [3.05, 3.63) is 17.3 Å². The Morgan fingerprint density at radius 1 is 1.43 bits per heavy atom. The summed E-state index contributed by atoms with van der Waals surface area (Å²) in [5.41, 5.74) is 0.307. The molecule has 1 saturated carbocycles. The molecule has 2 heterocycles. The number of nitrogens with zero attached hydrogens (tertiary/aromatic N) is 1. The van der Waals surface area contributed by atoms with E-state index in [1.54, 1.807) is 12.1 Å². The summed E-state index contributed by atoms with van der Waals surface area (Å²) < 4.78 is 0. The third kappa shape index (κ3) is 1.00. The molecule has 2 aliphatic rings. The van der Waals surface area contributed by atoms with Crippen molar-refractivity contribution in [3.8, 4) is 0 Å².